The molecule has 0 spiro atoms. The Morgan fingerprint density at radius 2 is 2.00 bits per heavy atom. The lowest BCUT2D eigenvalue weighted by Gasteiger charge is -2.32. The van der Waals surface area contributed by atoms with E-state index in [1.165, 1.54) is 23.5 Å². The number of nitrogens with zero attached hydrogens (tertiary/aromatic N) is 4. The van der Waals surface area contributed by atoms with Gasteiger partial charge in [0, 0.05) is 13.1 Å². The highest BCUT2D eigenvalue weighted by Gasteiger charge is 2.28. The molecule has 0 unspecified atom stereocenters. The molecule has 0 bridgehead atoms. The van der Waals surface area contributed by atoms with E-state index in [2.05, 4.69) is 17.0 Å². The summed E-state index contributed by atoms with van der Waals surface area (Å²) >= 11 is 1.51. The smallest absolute Gasteiger partial charge is 0.293 e. The largest absolute Gasteiger partial charge is 0.336 e. The Kier molecular flexibility index (Phi) is 5.26. The van der Waals surface area contributed by atoms with Crippen LogP contribution in [0, 0.1) is 11.7 Å². The molecule has 0 N–H and O–H groups in total. The van der Waals surface area contributed by atoms with Gasteiger partial charge < -0.3 is 4.90 Å². The molecule has 1 aliphatic carbocycles. The predicted octanol–water partition coefficient (Wildman–Crippen LogP) is 4.79. The Morgan fingerprint density at radius 1 is 1.21 bits per heavy atom. The minimum atomic E-state index is -0.355. The molecule has 0 atom stereocenters. The van der Waals surface area contributed by atoms with Crippen LogP contribution in [0.4, 0.5) is 4.39 Å². The maximum Gasteiger partial charge on any atom is 0.293 e. The zero-order valence-electron chi connectivity index (χ0n) is 16.0. The molecule has 7 heteroatoms. The lowest BCUT2D eigenvalue weighted by molar-refractivity contribution is 0.0667. The molecule has 1 amide bonds. The van der Waals surface area contributed by atoms with Gasteiger partial charge >= 0.3 is 0 Å². The zero-order valence-corrected chi connectivity index (χ0v) is 16.8. The van der Waals surface area contributed by atoms with Gasteiger partial charge in [0.25, 0.3) is 5.91 Å². The molecule has 146 valence electrons. The molecule has 28 heavy (non-hydrogen) atoms. The number of halogens is 1. The molecular formula is C21H23FN4OS. The quantitative estimate of drug-likeness (QED) is 0.635. The molecule has 1 saturated carbocycles. The molecule has 2 heterocycles. The van der Waals surface area contributed by atoms with Gasteiger partial charge in [0.2, 0.25) is 5.82 Å². The maximum absolute atomic E-state index is 13.8. The maximum atomic E-state index is 13.8. The molecule has 1 aliphatic rings. The zero-order chi connectivity index (χ0) is 19.7. The average molecular weight is 399 g/mol. The van der Waals surface area contributed by atoms with Crippen molar-refractivity contribution in [2.24, 2.45) is 5.92 Å². The van der Waals surface area contributed by atoms with E-state index >= 15 is 0 Å². The Bertz CT molecular complexity index is 961. The Hall–Kier alpha value is -2.54. The van der Waals surface area contributed by atoms with Crippen LogP contribution in [-0.2, 0) is 0 Å². The third-order valence-corrected chi connectivity index (χ3v) is 6.31. The van der Waals surface area contributed by atoms with E-state index in [-0.39, 0.29) is 23.6 Å². The van der Waals surface area contributed by atoms with Gasteiger partial charge in [-0.1, -0.05) is 19.1 Å². The number of hydrogen-bond acceptors (Lipinski definition) is 4. The van der Waals surface area contributed by atoms with Gasteiger partial charge in [0.1, 0.15) is 5.82 Å². The number of hydrogen-bond donors (Lipinski definition) is 0. The molecule has 1 fully saturated rings. The van der Waals surface area contributed by atoms with E-state index in [4.69, 9.17) is 0 Å². The summed E-state index contributed by atoms with van der Waals surface area (Å²) in [5.74, 6) is 0.873. The van der Waals surface area contributed by atoms with E-state index < -0.39 is 0 Å². The molecule has 4 rings (SSSR count). The van der Waals surface area contributed by atoms with Crippen molar-refractivity contribution in [1.82, 2.24) is 19.7 Å². The molecule has 0 saturated heterocycles. The van der Waals surface area contributed by atoms with Crippen molar-refractivity contribution in [3.05, 3.63) is 53.4 Å². The highest BCUT2D eigenvalue weighted by atomic mass is 32.1. The fourth-order valence-corrected chi connectivity index (χ4v) is 4.41. The van der Waals surface area contributed by atoms with Gasteiger partial charge in [-0.15, -0.1) is 16.4 Å². The second-order valence-corrected chi connectivity index (χ2v) is 8.41. The molecule has 0 aliphatic heterocycles. The lowest BCUT2D eigenvalue weighted by Crippen LogP contribution is -2.39. The monoisotopic (exact) mass is 398 g/mol. The standard InChI is InChI=1S/C21H23FN4OS/c1-14-8-10-16(11-9-14)25(2)21(27)19-23-20(18-7-4-12-28-18)26(24-19)17-6-3-5-15(22)13-17/h3-7,12-14,16H,8-11H2,1-2H3. The molecule has 0 radical (unpaired) electrons. The minimum Gasteiger partial charge on any atom is -0.336 e. The van der Waals surface area contributed by atoms with Crippen LogP contribution in [-0.4, -0.2) is 38.7 Å². The topological polar surface area (TPSA) is 51.0 Å². The van der Waals surface area contributed by atoms with Crippen LogP contribution >= 0.6 is 11.3 Å². The highest BCUT2D eigenvalue weighted by Crippen LogP contribution is 2.29. The van der Waals surface area contributed by atoms with Crippen LogP contribution in [0.1, 0.15) is 43.2 Å². The summed E-state index contributed by atoms with van der Waals surface area (Å²) in [6.07, 6.45) is 4.28. The van der Waals surface area contributed by atoms with Gasteiger partial charge in [-0.2, -0.15) is 0 Å². The number of aromatic nitrogens is 3. The Balaban J connectivity index is 1.68. The fourth-order valence-electron chi connectivity index (χ4n) is 3.71. The first-order chi connectivity index (χ1) is 13.5. The second kappa shape index (κ2) is 7.83. The van der Waals surface area contributed by atoms with Gasteiger partial charge in [-0.3, -0.25) is 4.79 Å². The third kappa shape index (κ3) is 3.71. The Morgan fingerprint density at radius 3 is 2.68 bits per heavy atom. The SMILES string of the molecule is CC1CCC(N(C)C(=O)c2nc(-c3cccs3)n(-c3cccc(F)c3)n2)CC1. The number of carbonyl (C=O) groups excluding carboxylic acids is 1. The summed E-state index contributed by atoms with van der Waals surface area (Å²) in [4.78, 5) is 20.3. The van der Waals surface area contributed by atoms with Crippen molar-refractivity contribution in [3.8, 4) is 16.4 Å². The molecule has 3 aromatic rings. The van der Waals surface area contributed by atoms with Crippen molar-refractivity contribution in [2.45, 2.75) is 38.6 Å². The number of thiophene rings is 1. The number of amides is 1. The van der Waals surface area contributed by atoms with Gasteiger partial charge in [0.15, 0.2) is 5.82 Å². The number of rotatable bonds is 4. The van der Waals surface area contributed by atoms with Gasteiger partial charge in [-0.25, -0.2) is 14.1 Å². The first-order valence-electron chi connectivity index (χ1n) is 9.57. The van der Waals surface area contributed by atoms with Crippen molar-refractivity contribution >= 4 is 17.2 Å². The summed E-state index contributed by atoms with van der Waals surface area (Å²) in [6.45, 7) is 2.26. The fraction of sp³-hybridized carbons (Fsp3) is 0.381. The summed E-state index contributed by atoms with van der Waals surface area (Å²) in [7, 11) is 1.83. The summed E-state index contributed by atoms with van der Waals surface area (Å²) in [5, 5.41) is 6.40. The average Bonchev–Trinajstić information content (AvgIpc) is 3.37. The van der Waals surface area contributed by atoms with E-state index in [1.807, 2.05) is 24.6 Å². The van der Waals surface area contributed by atoms with E-state index in [0.29, 0.717) is 11.5 Å². The van der Waals surface area contributed by atoms with Crippen molar-refractivity contribution in [1.29, 1.82) is 0 Å². The second-order valence-electron chi connectivity index (χ2n) is 7.46. The first kappa shape index (κ1) is 18.8. The summed E-state index contributed by atoms with van der Waals surface area (Å²) < 4.78 is 15.3. The lowest BCUT2D eigenvalue weighted by atomic mass is 9.87. The van der Waals surface area contributed by atoms with Crippen molar-refractivity contribution in [2.75, 3.05) is 7.05 Å². The highest BCUT2D eigenvalue weighted by molar-refractivity contribution is 7.13. The van der Waals surface area contributed by atoms with Crippen LogP contribution in [0.3, 0.4) is 0 Å². The van der Waals surface area contributed by atoms with Crippen LogP contribution < -0.4 is 0 Å². The molecule has 5 nitrogen and oxygen atoms in total. The number of benzene rings is 1. The third-order valence-electron chi connectivity index (χ3n) is 5.45. The van der Waals surface area contributed by atoms with E-state index in [0.717, 1.165) is 36.5 Å². The van der Waals surface area contributed by atoms with Crippen molar-refractivity contribution in [3.63, 3.8) is 0 Å². The van der Waals surface area contributed by atoms with Crippen LogP contribution in [0.25, 0.3) is 16.4 Å². The summed E-state index contributed by atoms with van der Waals surface area (Å²) in [6, 6.07) is 10.2. The molecule has 1 aromatic carbocycles. The Labute approximate surface area is 167 Å². The molecule has 2 aromatic heterocycles. The van der Waals surface area contributed by atoms with E-state index in [1.54, 1.807) is 21.7 Å². The minimum absolute atomic E-state index is 0.147. The normalized spacial score (nSPS) is 19.5. The number of carbonyl (C=O) groups is 1. The van der Waals surface area contributed by atoms with Crippen LogP contribution in [0.5, 0.6) is 0 Å². The van der Waals surface area contributed by atoms with E-state index in [9.17, 15) is 9.18 Å². The predicted molar refractivity (Wildman–Crippen MR) is 108 cm³/mol. The molecular weight excluding hydrogens is 375 g/mol. The first-order valence-corrected chi connectivity index (χ1v) is 10.4. The van der Waals surface area contributed by atoms with Gasteiger partial charge in [0.05, 0.1) is 10.6 Å². The van der Waals surface area contributed by atoms with Crippen LogP contribution in [0.15, 0.2) is 41.8 Å². The van der Waals surface area contributed by atoms with Crippen LogP contribution in [0.2, 0.25) is 0 Å². The van der Waals surface area contributed by atoms with Crippen molar-refractivity contribution < 1.29 is 9.18 Å². The van der Waals surface area contributed by atoms with Gasteiger partial charge in [-0.05, 0) is 61.2 Å². The summed E-state index contributed by atoms with van der Waals surface area (Å²) in [5.41, 5.74) is 0.545.